The fraction of sp³-hybridized carbons (Fsp3) is 0.579. The van der Waals surface area contributed by atoms with E-state index in [2.05, 4.69) is 57.8 Å². The van der Waals surface area contributed by atoms with Gasteiger partial charge in [0.2, 0.25) is 5.95 Å². The molecule has 0 radical (unpaired) electrons. The van der Waals surface area contributed by atoms with Crippen LogP contribution >= 0.6 is 11.8 Å². The van der Waals surface area contributed by atoms with Crippen LogP contribution in [0.25, 0.3) is 0 Å². The van der Waals surface area contributed by atoms with Crippen molar-refractivity contribution < 1.29 is 0 Å². The second-order valence-electron chi connectivity index (χ2n) is 7.33. The third-order valence-electron chi connectivity index (χ3n) is 5.11. The van der Waals surface area contributed by atoms with E-state index in [1.807, 2.05) is 11.8 Å². The fourth-order valence-corrected chi connectivity index (χ4v) is 4.23. The Labute approximate surface area is 148 Å². The van der Waals surface area contributed by atoms with Crippen molar-refractivity contribution in [1.29, 1.82) is 0 Å². The Kier molecular flexibility index (Phi) is 4.53. The standard InChI is InChI=1S/C19H26N4S/c1-14-3-5-16(6-4-14)13-24-19-21-20-18(23(19)17-7-8-17)22-11-9-15(2)10-12-22/h3-6,15,17H,7-13H2,1-2H3. The quantitative estimate of drug-likeness (QED) is 0.752. The van der Waals surface area contributed by atoms with Crippen molar-refractivity contribution in [2.24, 2.45) is 5.92 Å². The molecule has 4 nitrogen and oxygen atoms in total. The van der Waals surface area contributed by atoms with Gasteiger partial charge >= 0.3 is 0 Å². The Morgan fingerprint density at radius 2 is 1.75 bits per heavy atom. The van der Waals surface area contributed by atoms with Gasteiger partial charge in [-0.3, -0.25) is 4.57 Å². The van der Waals surface area contributed by atoms with Crippen LogP contribution in [0.15, 0.2) is 29.4 Å². The highest BCUT2D eigenvalue weighted by atomic mass is 32.2. The number of benzene rings is 1. The van der Waals surface area contributed by atoms with Gasteiger partial charge in [-0.05, 0) is 44.1 Å². The van der Waals surface area contributed by atoms with Crippen LogP contribution in [0.1, 0.15) is 49.8 Å². The predicted molar refractivity (Wildman–Crippen MR) is 99.6 cm³/mol. The van der Waals surface area contributed by atoms with Gasteiger partial charge in [0.15, 0.2) is 5.16 Å². The van der Waals surface area contributed by atoms with E-state index in [9.17, 15) is 0 Å². The van der Waals surface area contributed by atoms with Crippen LogP contribution in [0.3, 0.4) is 0 Å². The van der Waals surface area contributed by atoms with E-state index in [-0.39, 0.29) is 0 Å². The first-order valence-electron chi connectivity index (χ1n) is 9.09. The van der Waals surface area contributed by atoms with E-state index in [0.717, 1.165) is 35.9 Å². The van der Waals surface area contributed by atoms with E-state index in [1.165, 1.54) is 36.8 Å². The number of aromatic nitrogens is 3. The van der Waals surface area contributed by atoms with Gasteiger partial charge in [-0.2, -0.15) is 0 Å². The first-order valence-corrected chi connectivity index (χ1v) is 10.1. The van der Waals surface area contributed by atoms with Crippen molar-refractivity contribution in [3.63, 3.8) is 0 Å². The minimum absolute atomic E-state index is 0.620. The van der Waals surface area contributed by atoms with E-state index in [4.69, 9.17) is 0 Å². The van der Waals surface area contributed by atoms with Crippen molar-refractivity contribution in [3.8, 4) is 0 Å². The number of nitrogens with zero attached hydrogens (tertiary/aromatic N) is 4. The lowest BCUT2D eigenvalue weighted by molar-refractivity contribution is 0.429. The zero-order valence-electron chi connectivity index (χ0n) is 14.6. The van der Waals surface area contributed by atoms with Crippen molar-refractivity contribution >= 4 is 17.7 Å². The zero-order chi connectivity index (χ0) is 16.5. The molecule has 0 unspecified atom stereocenters. The lowest BCUT2D eigenvalue weighted by Crippen LogP contribution is -2.34. The third-order valence-corrected chi connectivity index (χ3v) is 6.13. The number of thioether (sulfide) groups is 1. The molecule has 128 valence electrons. The molecule has 1 aliphatic carbocycles. The normalized spacial score (nSPS) is 19.0. The molecule has 0 atom stereocenters. The lowest BCUT2D eigenvalue weighted by atomic mass is 10.00. The molecule has 1 aromatic carbocycles. The molecule has 0 spiro atoms. The summed E-state index contributed by atoms with van der Waals surface area (Å²) in [5.41, 5.74) is 2.66. The highest BCUT2D eigenvalue weighted by Gasteiger charge is 2.32. The highest BCUT2D eigenvalue weighted by molar-refractivity contribution is 7.98. The summed E-state index contributed by atoms with van der Waals surface area (Å²) >= 11 is 1.82. The van der Waals surface area contributed by atoms with Crippen LogP contribution in [0.4, 0.5) is 5.95 Å². The molecule has 24 heavy (non-hydrogen) atoms. The molecule has 4 rings (SSSR count). The Morgan fingerprint density at radius 3 is 2.42 bits per heavy atom. The van der Waals surface area contributed by atoms with Gasteiger partial charge in [-0.25, -0.2) is 0 Å². The summed E-state index contributed by atoms with van der Waals surface area (Å²) in [6, 6.07) is 9.42. The first kappa shape index (κ1) is 16.0. The minimum Gasteiger partial charge on any atom is -0.341 e. The number of aryl methyl sites for hydroxylation is 1. The van der Waals surface area contributed by atoms with E-state index >= 15 is 0 Å². The summed E-state index contributed by atoms with van der Waals surface area (Å²) in [7, 11) is 0. The van der Waals surface area contributed by atoms with Gasteiger partial charge in [-0.15, -0.1) is 10.2 Å². The van der Waals surface area contributed by atoms with Crippen LogP contribution in [0.5, 0.6) is 0 Å². The van der Waals surface area contributed by atoms with E-state index in [1.54, 1.807) is 0 Å². The maximum atomic E-state index is 4.57. The number of hydrogen-bond donors (Lipinski definition) is 0. The summed E-state index contributed by atoms with van der Waals surface area (Å²) in [4.78, 5) is 2.45. The topological polar surface area (TPSA) is 34.0 Å². The minimum atomic E-state index is 0.620. The van der Waals surface area contributed by atoms with Gasteiger partial charge in [0, 0.05) is 24.9 Å². The molecule has 2 aromatic rings. The van der Waals surface area contributed by atoms with Crippen molar-refractivity contribution in [3.05, 3.63) is 35.4 Å². The molecule has 1 aromatic heterocycles. The van der Waals surface area contributed by atoms with Crippen molar-refractivity contribution in [1.82, 2.24) is 14.8 Å². The fourth-order valence-electron chi connectivity index (χ4n) is 3.28. The Morgan fingerprint density at radius 1 is 1.04 bits per heavy atom. The van der Waals surface area contributed by atoms with E-state index in [0.29, 0.717) is 6.04 Å². The number of hydrogen-bond acceptors (Lipinski definition) is 4. The molecule has 5 heteroatoms. The average molecular weight is 343 g/mol. The largest absolute Gasteiger partial charge is 0.341 e. The number of rotatable bonds is 5. The Hall–Kier alpha value is -1.49. The van der Waals surface area contributed by atoms with Gasteiger partial charge in [-0.1, -0.05) is 48.5 Å². The predicted octanol–water partition coefficient (Wildman–Crippen LogP) is 4.45. The average Bonchev–Trinajstić information content (AvgIpc) is 3.35. The highest BCUT2D eigenvalue weighted by Crippen LogP contribution is 2.41. The van der Waals surface area contributed by atoms with Gasteiger partial charge in [0.1, 0.15) is 0 Å². The summed E-state index contributed by atoms with van der Waals surface area (Å²) in [5, 5.41) is 10.2. The Balaban J connectivity index is 1.50. The Bertz CT molecular complexity index is 682. The van der Waals surface area contributed by atoms with E-state index < -0.39 is 0 Å². The van der Waals surface area contributed by atoms with Gasteiger partial charge in [0.05, 0.1) is 0 Å². The second kappa shape index (κ2) is 6.79. The molecule has 1 saturated heterocycles. The van der Waals surface area contributed by atoms with Gasteiger partial charge < -0.3 is 4.90 Å². The maximum Gasteiger partial charge on any atom is 0.228 e. The summed E-state index contributed by atoms with van der Waals surface area (Å²) in [6.45, 7) is 6.72. The van der Waals surface area contributed by atoms with Crippen molar-refractivity contribution in [2.45, 2.75) is 56.5 Å². The molecule has 2 heterocycles. The van der Waals surface area contributed by atoms with Crippen LogP contribution in [-0.4, -0.2) is 27.9 Å². The lowest BCUT2D eigenvalue weighted by Gasteiger charge is -2.31. The van der Waals surface area contributed by atoms with Gasteiger partial charge in [0.25, 0.3) is 0 Å². The monoisotopic (exact) mass is 342 g/mol. The number of anilines is 1. The molecule has 1 saturated carbocycles. The molecule has 2 aliphatic rings. The van der Waals surface area contributed by atoms with Crippen LogP contribution in [0.2, 0.25) is 0 Å². The maximum absolute atomic E-state index is 4.57. The van der Waals surface area contributed by atoms with Crippen LogP contribution in [-0.2, 0) is 5.75 Å². The molecular weight excluding hydrogens is 316 g/mol. The van der Waals surface area contributed by atoms with Crippen LogP contribution < -0.4 is 4.90 Å². The summed E-state index contributed by atoms with van der Waals surface area (Å²) < 4.78 is 2.41. The summed E-state index contributed by atoms with van der Waals surface area (Å²) in [5.74, 6) is 2.91. The molecule has 0 bridgehead atoms. The summed E-state index contributed by atoms with van der Waals surface area (Å²) in [6.07, 6.45) is 5.08. The van der Waals surface area contributed by atoms with Crippen molar-refractivity contribution in [2.75, 3.05) is 18.0 Å². The smallest absolute Gasteiger partial charge is 0.228 e. The molecule has 1 aliphatic heterocycles. The molecule has 2 fully saturated rings. The second-order valence-corrected chi connectivity index (χ2v) is 8.27. The number of piperidine rings is 1. The SMILES string of the molecule is Cc1ccc(CSc2nnc(N3CCC(C)CC3)n2C2CC2)cc1. The molecule has 0 amide bonds. The first-order chi connectivity index (χ1) is 11.7. The molecular formula is C19H26N4S. The molecule has 0 N–H and O–H groups in total. The zero-order valence-corrected chi connectivity index (χ0v) is 15.4. The third kappa shape index (κ3) is 3.46. The van der Waals surface area contributed by atoms with Crippen LogP contribution in [0, 0.1) is 12.8 Å².